The van der Waals surface area contributed by atoms with Crippen LogP contribution in [0, 0.1) is 11.8 Å². The van der Waals surface area contributed by atoms with Gasteiger partial charge in [-0.3, -0.25) is 0 Å². The summed E-state index contributed by atoms with van der Waals surface area (Å²) in [6.07, 6.45) is 4.11. The molecule has 2 unspecified atom stereocenters. The van der Waals surface area contributed by atoms with Gasteiger partial charge in [-0.15, -0.1) is 0 Å². The largest absolute Gasteiger partial charge is 0.385 e. The molecule has 3 heterocycles. The van der Waals surface area contributed by atoms with Gasteiger partial charge in [0.25, 0.3) is 0 Å². The molecule has 3 aliphatic rings. The predicted molar refractivity (Wildman–Crippen MR) is 129 cm³/mol. The lowest BCUT2D eigenvalue weighted by Crippen LogP contribution is -2.55. The van der Waals surface area contributed by atoms with Crippen LogP contribution in [0.15, 0.2) is 48.5 Å². The van der Waals surface area contributed by atoms with Crippen LogP contribution >= 0.6 is 0 Å². The zero-order chi connectivity index (χ0) is 21.3. The molecule has 5 rings (SSSR count). The molecule has 0 aliphatic carbocycles. The average Bonchev–Trinajstić information content (AvgIpc) is 2.78. The van der Waals surface area contributed by atoms with E-state index >= 15 is 0 Å². The van der Waals surface area contributed by atoms with Crippen molar-refractivity contribution in [2.75, 3.05) is 57.6 Å². The maximum Gasteiger partial charge on any atom is 0.0942 e. The van der Waals surface area contributed by atoms with Crippen molar-refractivity contribution >= 4 is 11.4 Å². The molecule has 164 valence electrons. The molecule has 0 amide bonds. The van der Waals surface area contributed by atoms with Crippen molar-refractivity contribution in [3.63, 3.8) is 0 Å². The van der Waals surface area contributed by atoms with Crippen LogP contribution in [0.25, 0.3) is 0 Å². The Bertz CT molecular complexity index is 829. The van der Waals surface area contributed by atoms with Gasteiger partial charge < -0.3 is 19.8 Å². The van der Waals surface area contributed by atoms with Gasteiger partial charge in [-0.25, -0.2) is 0 Å². The molecule has 2 aromatic rings. The summed E-state index contributed by atoms with van der Waals surface area (Å²) in [4.78, 5) is 6.79. The van der Waals surface area contributed by atoms with E-state index < -0.39 is 5.60 Å². The van der Waals surface area contributed by atoms with Crippen molar-refractivity contribution in [3.8, 4) is 0 Å². The van der Waals surface area contributed by atoms with Crippen LogP contribution in [-0.4, -0.2) is 57.8 Å². The van der Waals surface area contributed by atoms with Crippen molar-refractivity contribution in [1.29, 1.82) is 0 Å². The molecule has 0 aromatic heterocycles. The molecule has 0 saturated carbocycles. The Kier molecular flexibility index (Phi) is 6.08. The number of hydrogen-bond donors (Lipinski definition) is 1. The van der Waals surface area contributed by atoms with Crippen LogP contribution < -0.4 is 9.80 Å². The number of rotatable bonds is 7. The van der Waals surface area contributed by atoms with Crippen LogP contribution in [0.3, 0.4) is 0 Å². The Morgan fingerprint density at radius 3 is 1.90 bits per heavy atom. The fraction of sp³-hybridized carbons (Fsp3) is 0.538. The molecular formula is C26H39N3O. The van der Waals surface area contributed by atoms with Gasteiger partial charge in [0.1, 0.15) is 0 Å². The predicted octanol–water partition coefficient (Wildman–Crippen LogP) is 4.23. The normalized spacial score (nSPS) is 25.0. The third-order valence-corrected chi connectivity index (χ3v) is 7.40. The zero-order valence-corrected chi connectivity index (χ0v) is 19.0. The molecule has 0 spiro atoms. The first-order valence-corrected chi connectivity index (χ1v) is 11.4. The molecule has 3 fully saturated rings. The van der Waals surface area contributed by atoms with Crippen molar-refractivity contribution in [1.82, 2.24) is 4.90 Å². The minimum Gasteiger partial charge on any atom is -0.385 e. The van der Waals surface area contributed by atoms with E-state index in [1.54, 1.807) is 0 Å². The van der Waals surface area contributed by atoms with Crippen molar-refractivity contribution < 1.29 is 6.53 Å². The highest BCUT2D eigenvalue weighted by Gasteiger charge is 2.47. The van der Waals surface area contributed by atoms with E-state index in [1.165, 1.54) is 42.9 Å². The first-order chi connectivity index (χ1) is 14.4. The fourth-order valence-electron chi connectivity index (χ4n) is 5.39. The number of fused-ring (bicyclic) bond motifs is 3. The summed E-state index contributed by atoms with van der Waals surface area (Å²) in [5.74, 6) is 0.941. The molecule has 2 atom stereocenters. The van der Waals surface area contributed by atoms with Crippen LogP contribution in [0.2, 0.25) is 0 Å². The number of hydrogen-bond acceptors (Lipinski definition) is 4. The quantitative estimate of drug-likeness (QED) is 0.741. The van der Waals surface area contributed by atoms with E-state index in [-0.39, 0.29) is 1.43 Å². The second-order valence-corrected chi connectivity index (χ2v) is 9.67. The third-order valence-electron chi connectivity index (χ3n) is 7.40. The van der Waals surface area contributed by atoms with E-state index in [2.05, 4.69) is 91.4 Å². The summed E-state index contributed by atoms with van der Waals surface area (Å²) in [6.45, 7) is 3.42. The summed E-state index contributed by atoms with van der Waals surface area (Å²) in [7, 11) is 8.26. The molecule has 2 aromatic carbocycles. The van der Waals surface area contributed by atoms with Gasteiger partial charge in [-0.1, -0.05) is 24.3 Å². The summed E-state index contributed by atoms with van der Waals surface area (Å²) in [5, 5.41) is 12.2. The Morgan fingerprint density at radius 1 is 0.900 bits per heavy atom. The van der Waals surface area contributed by atoms with Crippen LogP contribution in [0.5, 0.6) is 0 Å². The number of aliphatic hydroxyl groups is 1. The van der Waals surface area contributed by atoms with Gasteiger partial charge in [0.15, 0.2) is 0 Å². The third kappa shape index (κ3) is 4.21. The second-order valence-electron chi connectivity index (χ2n) is 9.67. The smallest absolute Gasteiger partial charge is 0.0942 e. The minimum absolute atomic E-state index is 0. The zero-order valence-electron chi connectivity index (χ0n) is 19.0. The Hall–Kier alpha value is -2.04. The van der Waals surface area contributed by atoms with E-state index in [4.69, 9.17) is 0 Å². The summed E-state index contributed by atoms with van der Waals surface area (Å²) in [6, 6.07) is 17.4. The number of nitrogens with zero attached hydrogens (tertiary/aromatic N) is 3. The average molecular weight is 410 g/mol. The molecule has 1 N–H and O–H groups in total. The van der Waals surface area contributed by atoms with E-state index in [0.29, 0.717) is 11.8 Å². The Balaban J connectivity index is 0.00000272. The summed E-state index contributed by atoms with van der Waals surface area (Å²) < 4.78 is 0. The molecule has 3 saturated heterocycles. The number of benzene rings is 2. The maximum atomic E-state index is 12.2. The fourth-order valence-corrected chi connectivity index (χ4v) is 5.39. The van der Waals surface area contributed by atoms with Crippen LogP contribution in [0.4, 0.5) is 11.4 Å². The first kappa shape index (κ1) is 21.2. The summed E-state index contributed by atoms with van der Waals surface area (Å²) in [5.41, 5.74) is 3.98. The molecule has 30 heavy (non-hydrogen) atoms. The Morgan fingerprint density at radius 2 is 1.43 bits per heavy atom. The highest BCUT2D eigenvalue weighted by atomic mass is 16.3. The highest BCUT2D eigenvalue weighted by molar-refractivity contribution is 5.48. The van der Waals surface area contributed by atoms with Crippen LogP contribution in [0.1, 0.15) is 31.8 Å². The van der Waals surface area contributed by atoms with E-state index in [1.807, 2.05) is 0 Å². The lowest BCUT2D eigenvalue weighted by molar-refractivity contribution is -0.106. The van der Waals surface area contributed by atoms with Gasteiger partial charge in [-0.2, -0.15) is 0 Å². The minimum atomic E-state index is -0.783. The standard InChI is InChI=1S/C26H37N3O.H2/c1-27(2)23-9-5-20(6-10-23)13-16-26(30,22-7-11-24(12-8-22)28(3)4)25-19-29-17-14-21(25)15-18-29;/h5-12,21,25,30H,13-19H2,1-4H3;1H. The molecule has 4 nitrogen and oxygen atoms in total. The molecule has 2 bridgehead atoms. The number of anilines is 2. The molecule has 4 heteroatoms. The summed E-state index contributed by atoms with van der Waals surface area (Å²) >= 11 is 0. The molecular weight excluding hydrogens is 370 g/mol. The first-order valence-electron chi connectivity index (χ1n) is 11.4. The Labute approximate surface area is 183 Å². The lowest BCUT2D eigenvalue weighted by Gasteiger charge is -2.51. The van der Waals surface area contributed by atoms with Crippen molar-refractivity contribution in [3.05, 3.63) is 59.7 Å². The van der Waals surface area contributed by atoms with E-state index in [0.717, 1.165) is 24.9 Å². The topological polar surface area (TPSA) is 30.0 Å². The second kappa shape index (κ2) is 8.60. The van der Waals surface area contributed by atoms with Crippen molar-refractivity contribution in [2.24, 2.45) is 11.8 Å². The number of aryl methyl sites for hydroxylation is 1. The van der Waals surface area contributed by atoms with Gasteiger partial charge in [0.05, 0.1) is 5.60 Å². The lowest BCUT2D eigenvalue weighted by atomic mass is 9.66. The van der Waals surface area contributed by atoms with E-state index in [9.17, 15) is 5.11 Å². The maximum absolute atomic E-state index is 12.2. The van der Waals surface area contributed by atoms with Crippen LogP contribution in [-0.2, 0) is 12.0 Å². The van der Waals surface area contributed by atoms with Crippen molar-refractivity contribution in [2.45, 2.75) is 31.3 Å². The number of piperidine rings is 3. The van der Waals surface area contributed by atoms with Gasteiger partial charge in [-0.05, 0) is 80.1 Å². The SMILES string of the molecule is CN(C)c1ccc(CCC(O)(c2ccc(N(C)C)cc2)C2CN3CCC2CC3)cc1.[HH]. The molecule has 3 aliphatic heterocycles. The van der Waals surface area contributed by atoms with Gasteiger partial charge in [0, 0.05) is 53.5 Å². The molecule has 0 radical (unpaired) electrons. The van der Waals surface area contributed by atoms with Gasteiger partial charge in [0.2, 0.25) is 0 Å². The van der Waals surface area contributed by atoms with Gasteiger partial charge >= 0.3 is 0 Å². The highest BCUT2D eigenvalue weighted by Crippen LogP contribution is 2.46. The monoisotopic (exact) mass is 409 g/mol.